The molecule has 0 saturated carbocycles. The molecular formula is C17H25N3O2S. The number of rotatable bonds is 4. The lowest BCUT2D eigenvalue weighted by Crippen LogP contribution is -2.38. The molecule has 5 nitrogen and oxygen atoms in total. The maximum absolute atomic E-state index is 12.6. The number of amides is 1. The Kier molecular flexibility index (Phi) is 4.15. The summed E-state index contributed by atoms with van der Waals surface area (Å²) in [5, 5.41) is 3.30. The highest BCUT2D eigenvalue weighted by atomic mass is 32.1. The number of likely N-dealkylation sites (tertiary alicyclic amines) is 2. The zero-order valence-corrected chi connectivity index (χ0v) is 14.6. The van der Waals surface area contributed by atoms with Crippen LogP contribution in [0.25, 0.3) is 0 Å². The molecule has 3 fully saturated rings. The van der Waals surface area contributed by atoms with Gasteiger partial charge in [-0.1, -0.05) is 0 Å². The second-order valence-electron chi connectivity index (χ2n) is 7.39. The first-order chi connectivity index (χ1) is 11.1. The van der Waals surface area contributed by atoms with E-state index in [0.717, 1.165) is 64.5 Å². The second kappa shape index (κ2) is 6.15. The Morgan fingerprint density at radius 1 is 1.48 bits per heavy atom. The van der Waals surface area contributed by atoms with Crippen molar-refractivity contribution >= 4 is 17.2 Å². The van der Waals surface area contributed by atoms with Crippen LogP contribution in [-0.2, 0) is 16.1 Å². The lowest BCUT2D eigenvalue weighted by atomic mass is 9.78. The molecule has 0 unspecified atom stereocenters. The van der Waals surface area contributed by atoms with Crippen molar-refractivity contribution in [3.8, 4) is 0 Å². The smallest absolute Gasteiger partial charge is 0.223 e. The predicted molar refractivity (Wildman–Crippen MR) is 89.3 cm³/mol. The van der Waals surface area contributed by atoms with Crippen molar-refractivity contribution in [1.29, 1.82) is 0 Å². The van der Waals surface area contributed by atoms with E-state index < -0.39 is 0 Å². The zero-order chi connectivity index (χ0) is 15.9. The monoisotopic (exact) mass is 335 g/mol. The van der Waals surface area contributed by atoms with Crippen LogP contribution in [0.3, 0.4) is 0 Å². The van der Waals surface area contributed by atoms with Gasteiger partial charge < -0.3 is 9.64 Å². The summed E-state index contributed by atoms with van der Waals surface area (Å²) in [6.07, 6.45) is 2.98. The molecule has 3 aliphatic heterocycles. The Morgan fingerprint density at radius 3 is 3.04 bits per heavy atom. The topological polar surface area (TPSA) is 45.7 Å². The SMILES string of the molecule is Cc1csc(CN2C[C@H]3COC[C@@]3(CC(=O)N3CCCC3)C2)n1. The molecule has 1 aromatic rings. The van der Waals surface area contributed by atoms with Gasteiger partial charge in [0.05, 0.1) is 19.8 Å². The lowest BCUT2D eigenvalue weighted by molar-refractivity contribution is -0.133. The van der Waals surface area contributed by atoms with Crippen LogP contribution in [0.1, 0.15) is 30.0 Å². The van der Waals surface area contributed by atoms with Gasteiger partial charge in [-0.25, -0.2) is 4.98 Å². The average molecular weight is 335 g/mol. The number of hydrogen-bond donors (Lipinski definition) is 0. The molecule has 1 aromatic heterocycles. The van der Waals surface area contributed by atoms with E-state index in [1.807, 2.05) is 6.92 Å². The van der Waals surface area contributed by atoms with E-state index in [1.165, 1.54) is 5.01 Å². The summed E-state index contributed by atoms with van der Waals surface area (Å²) in [5.41, 5.74) is 1.14. The molecule has 3 saturated heterocycles. The molecule has 2 atom stereocenters. The first-order valence-electron chi connectivity index (χ1n) is 8.63. The second-order valence-corrected chi connectivity index (χ2v) is 8.33. The van der Waals surface area contributed by atoms with E-state index in [4.69, 9.17) is 4.74 Å². The highest BCUT2D eigenvalue weighted by Crippen LogP contribution is 2.45. The summed E-state index contributed by atoms with van der Waals surface area (Å²) in [5.74, 6) is 0.833. The van der Waals surface area contributed by atoms with Gasteiger partial charge in [-0.3, -0.25) is 9.69 Å². The van der Waals surface area contributed by atoms with Crippen LogP contribution in [-0.4, -0.2) is 60.1 Å². The zero-order valence-electron chi connectivity index (χ0n) is 13.8. The Bertz CT molecular complexity index is 584. The maximum Gasteiger partial charge on any atom is 0.223 e. The summed E-state index contributed by atoms with van der Waals surface area (Å²) in [6.45, 7) is 8.40. The van der Waals surface area contributed by atoms with Crippen LogP contribution >= 0.6 is 11.3 Å². The number of carbonyl (C=O) groups excluding carboxylic acids is 1. The molecule has 0 bridgehead atoms. The molecule has 0 aromatic carbocycles. The van der Waals surface area contributed by atoms with Gasteiger partial charge in [-0.05, 0) is 19.8 Å². The van der Waals surface area contributed by atoms with Crippen molar-refractivity contribution in [2.75, 3.05) is 39.4 Å². The minimum atomic E-state index is 0.0337. The summed E-state index contributed by atoms with van der Waals surface area (Å²) in [7, 11) is 0. The third-order valence-electron chi connectivity index (χ3n) is 5.58. The van der Waals surface area contributed by atoms with Crippen LogP contribution in [0.5, 0.6) is 0 Å². The largest absolute Gasteiger partial charge is 0.380 e. The van der Waals surface area contributed by atoms with E-state index in [-0.39, 0.29) is 5.41 Å². The van der Waals surface area contributed by atoms with Crippen LogP contribution in [0.4, 0.5) is 0 Å². The summed E-state index contributed by atoms with van der Waals surface area (Å²) in [6, 6.07) is 0. The lowest BCUT2D eigenvalue weighted by Gasteiger charge is -2.29. The summed E-state index contributed by atoms with van der Waals surface area (Å²) >= 11 is 1.74. The van der Waals surface area contributed by atoms with Crippen LogP contribution in [0, 0.1) is 18.3 Å². The Balaban J connectivity index is 1.43. The maximum atomic E-state index is 12.6. The number of thiazole rings is 1. The molecule has 1 amide bonds. The molecule has 4 rings (SSSR count). The third kappa shape index (κ3) is 3.04. The molecule has 23 heavy (non-hydrogen) atoms. The van der Waals surface area contributed by atoms with Crippen molar-refractivity contribution in [1.82, 2.24) is 14.8 Å². The van der Waals surface area contributed by atoms with Crippen LogP contribution in [0.15, 0.2) is 5.38 Å². The highest BCUT2D eigenvalue weighted by Gasteiger charge is 2.52. The molecule has 0 spiro atoms. The minimum Gasteiger partial charge on any atom is -0.380 e. The average Bonchev–Trinajstić information content (AvgIpc) is 3.23. The number of hydrogen-bond acceptors (Lipinski definition) is 5. The van der Waals surface area contributed by atoms with Gasteiger partial charge >= 0.3 is 0 Å². The van der Waals surface area contributed by atoms with Crippen molar-refractivity contribution in [2.24, 2.45) is 11.3 Å². The number of ether oxygens (including phenoxy) is 1. The van der Waals surface area contributed by atoms with Gasteiger partial charge in [-0.2, -0.15) is 0 Å². The Labute approximate surface area is 141 Å². The van der Waals surface area contributed by atoms with Crippen LogP contribution in [0.2, 0.25) is 0 Å². The fourth-order valence-electron chi connectivity index (χ4n) is 4.36. The van der Waals surface area contributed by atoms with Gasteiger partial charge in [0, 0.05) is 55.0 Å². The molecule has 3 aliphatic rings. The molecule has 0 aliphatic carbocycles. The third-order valence-corrected chi connectivity index (χ3v) is 6.53. The molecule has 0 radical (unpaired) electrons. The normalized spacial score (nSPS) is 31.0. The number of aromatic nitrogens is 1. The first kappa shape index (κ1) is 15.5. The van der Waals surface area contributed by atoms with Gasteiger partial charge in [0.15, 0.2) is 0 Å². The molecule has 126 valence electrons. The quantitative estimate of drug-likeness (QED) is 0.843. The van der Waals surface area contributed by atoms with Crippen molar-refractivity contribution in [2.45, 2.75) is 32.7 Å². The van der Waals surface area contributed by atoms with Gasteiger partial charge in [0.1, 0.15) is 5.01 Å². The number of nitrogens with zero attached hydrogens (tertiary/aromatic N) is 3. The van der Waals surface area contributed by atoms with Crippen molar-refractivity contribution < 1.29 is 9.53 Å². The van der Waals surface area contributed by atoms with Gasteiger partial charge in [0.25, 0.3) is 0 Å². The fraction of sp³-hybridized carbons (Fsp3) is 0.765. The molecule has 0 N–H and O–H groups in total. The Hall–Kier alpha value is -0.980. The van der Waals surface area contributed by atoms with Crippen LogP contribution < -0.4 is 0 Å². The van der Waals surface area contributed by atoms with E-state index in [2.05, 4.69) is 20.2 Å². The minimum absolute atomic E-state index is 0.0337. The van der Waals surface area contributed by atoms with E-state index in [9.17, 15) is 4.79 Å². The summed E-state index contributed by atoms with van der Waals surface area (Å²) < 4.78 is 5.77. The first-order valence-corrected chi connectivity index (χ1v) is 9.51. The molecule has 6 heteroatoms. The Morgan fingerprint density at radius 2 is 2.30 bits per heavy atom. The van der Waals surface area contributed by atoms with E-state index >= 15 is 0 Å². The molecular weight excluding hydrogens is 310 g/mol. The highest BCUT2D eigenvalue weighted by molar-refractivity contribution is 7.09. The van der Waals surface area contributed by atoms with Crippen molar-refractivity contribution in [3.05, 3.63) is 16.1 Å². The van der Waals surface area contributed by atoms with E-state index in [0.29, 0.717) is 18.2 Å². The standard InChI is InChI=1S/C17H25N3O2S/c1-13-10-23-15(18-13)8-19-7-14-9-22-12-17(14,11-19)6-16(21)20-4-2-3-5-20/h10,14H,2-9,11-12H2,1H3/t14-,17+/m0/s1. The fourth-order valence-corrected chi connectivity index (χ4v) is 5.17. The number of carbonyl (C=O) groups is 1. The van der Waals surface area contributed by atoms with Gasteiger partial charge in [0.2, 0.25) is 5.91 Å². The summed E-state index contributed by atoms with van der Waals surface area (Å²) in [4.78, 5) is 21.8. The van der Waals surface area contributed by atoms with Crippen molar-refractivity contribution in [3.63, 3.8) is 0 Å². The number of fused-ring (bicyclic) bond motifs is 1. The molecule has 4 heterocycles. The van der Waals surface area contributed by atoms with E-state index in [1.54, 1.807) is 11.3 Å². The van der Waals surface area contributed by atoms with Gasteiger partial charge in [-0.15, -0.1) is 11.3 Å². The number of aryl methyl sites for hydroxylation is 1. The predicted octanol–water partition coefficient (Wildman–Crippen LogP) is 1.91.